The molecule has 2 bridgehead atoms. The topological polar surface area (TPSA) is 94.7 Å². The molecule has 2 atom stereocenters. The quantitative estimate of drug-likeness (QED) is 0.298. The number of aromatic nitrogens is 5. The molecule has 4 heterocycles. The zero-order valence-electron chi connectivity index (χ0n) is 20.1. The molecule has 1 aliphatic heterocycles. The fourth-order valence-electron chi connectivity index (χ4n) is 4.62. The maximum absolute atomic E-state index is 13.6. The number of nitrogens with zero attached hydrogens (tertiary/aromatic N) is 5. The highest BCUT2D eigenvalue weighted by Gasteiger charge is 2.25. The molecule has 3 aromatic heterocycles. The Morgan fingerprint density at radius 3 is 2.73 bits per heavy atom. The lowest BCUT2D eigenvalue weighted by Crippen LogP contribution is -2.28. The van der Waals surface area contributed by atoms with Crippen LogP contribution in [0.4, 0.5) is 5.69 Å². The number of benzene rings is 1. The molecule has 37 heavy (non-hydrogen) atoms. The van der Waals surface area contributed by atoms with Gasteiger partial charge in [-0.2, -0.15) is 5.10 Å². The van der Waals surface area contributed by atoms with Crippen LogP contribution in [0.25, 0.3) is 22.5 Å². The molecule has 1 N–H and O–H groups in total. The average molecular weight is 602 g/mol. The molecular weight excluding hydrogens is 579 g/mol. The summed E-state index contributed by atoms with van der Waals surface area (Å²) in [6.07, 6.45) is 6.75. The lowest BCUT2D eigenvalue weighted by Gasteiger charge is -2.22. The minimum Gasteiger partial charge on any atom is -0.323 e. The van der Waals surface area contributed by atoms with Crippen molar-refractivity contribution in [1.29, 1.82) is 0 Å². The average Bonchev–Trinajstić information content (AvgIpc) is 3.24. The summed E-state index contributed by atoms with van der Waals surface area (Å²) in [5.41, 5.74) is 3.50. The van der Waals surface area contributed by atoms with Gasteiger partial charge in [0, 0.05) is 39.8 Å². The molecule has 8 nitrogen and oxygen atoms in total. The van der Waals surface area contributed by atoms with Crippen molar-refractivity contribution in [3.05, 3.63) is 79.6 Å². The predicted octanol–water partition coefficient (Wildman–Crippen LogP) is 6.12. The summed E-state index contributed by atoms with van der Waals surface area (Å²) in [5.74, 6) is -0.292. The third-order valence-electron chi connectivity index (χ3n) is 6.62. The molecule has 11 heteroatoms. The second-order valence-corrected chi connectivity index (χ2v) is 10.7. The van der Waals surface area contributed by atoms with Crippen molar-refractivity contribution in [3.8, 4) is 22.5 Å². The Balaban J connectivity index is 1.64. The third kappa shape index (κ3) is 4.95. The highest BCUT2D eigenvalue weighted by Crippen LogP contribution is 2.35. The standard InChI is InChI=1S/C26H23BrCl2N6O2/c1-14-4-3-5-21(19-10-15(8-9-30-19)24-20(33-25(14)36)12-32-34(24)2)35-13-31-23(22(29)26(35)37)17-11-16(28)6-7-18(17)27/h6-14,21H,3-5H2,1-2H3,(H,33,36)/t14-,21+/m1/s1. The van der Waals surface area contributed by atoms with Gasteiger partial charge < -0.3 is 5.32 Å². The third-order valence-corrected chi connectivity index (χ3v) is 7.88. The van der Waals surface area contributed by atoms with E-state index in [4.69, 9.17) is 23.2 Å². The first-order chi connectivity index (χ1) is 17.7. The fourth-order valence-corrected chi connectivity index (χ4v) is 5.47. The minimum atomic E-state index is -0.430. The largest absolute Gasteiger partial charge is 0.323 e. The maximum Gasteiger partial charge on any atom is 0.273 e. The number of rotatable bonds is 2. The van der Waals surface area contributed by atoms with Crippen LogP contribution in [0, 0.1) is 5.92 Å². The number of carbonyl (C=O) groups excluding carboxylic acids is 1. The number of hydrogen-bond donors (Lipinski definition) is 1. The van der Waals surface area contributed by atoms with Crippen molar-refractivity contribution < 1.29 is 4.79 Å². The van der Waals surface area contributed by atoms with Crippen LogP contribution >= 0.6 is 39.1 Å². The number of halogens is 3. The number of hydrogen-bond acceptors (Lipinski definition) is 5. The molecule has 5 rings (SSSR count). The summed E-state index contributed by atoms with van der Waals surface area (Å²) in [5, 5.41) is 7.85. The molecule has 0 radical (unpaired) electrons. The zero-order chi connectivity index (χ0) is 26.3. The summed E-state index contributed by atoms with van der Waals surface area (Å²) >= 11 is 16.3. The van der Waals surface area contributed by atoms with Gasteiger partial charge in [-0.3, -0.25) is 23.8 Å². The summed E-state index contributed by atoms with van der Waals surface area (Å²) in [7, 11) is 1.82. The zero-order valence-corrected chi connectivity index (χ0v) is 23.2. The summed E-state index contributed by atoms with van der Waals surface area (Å²) in [6, 6.07) is 8.58. The SMILES string of the molecule is C[C@@H]1CCC[C@H](n2cnc(-c3cc(Cl)ccc3Br)c(Cl)c2=O)c2cc(ccn2)-c2c(cnn2C)NC1=O. The van der Waals surface area contributed by atoms with Crippen LogP contribution in [0.3, 0.4) is 0 Å². The molecule has 0 aliphatic carbocycles. The van der Waals surface area contributed by atoms with E-state index in [9.17, 15) is 9.59 Å². The molecule has 1 aromatic carbocycles. The summed E-state index contributed by atoms with van der Waals surface area (Å²) in [6.45, 7) is 1.89. The van der Waals surface area contributed by atoms with E-state index in [-0.39, 0.29) is 22.4 Å². The highest BCUT2D eigenvalue weighted by molar-refractivity contribution is 9.10. The Kier molecular flexibility index (Phi) is 7.20. The molecule has 0 unspecified atom stereocenters. The van der Waals surface area contributed by atoms with Gasteiger partial charge in [0.05, 0.1) is 41.3 Å². The molecule has 0 saturated heterocycles. The van der Waals surface area contributed by atoms with Gasteiger partial charge in [0.1, 0.15) is 5.02 Å². The van der Waals surface area contributed by atoms with Crippen LogP contribution in [0.15, 0.2) is 58.3 Å². The lowest BCUT2D eigenvalue weighted by molar-refractivity contribution is -0.119. The first kappa shape index (κ1) is 25.6. The number of aryl methyl sites for hydroxylation is 1. The van der Waals surface area contributed by atoms with Crippen LogP contribution in [-0.4, -0.2) is 30.2 Å². The molecule has 1 aliphatic rings. The van der Waals surface area contributed by atoms with Crippen LogP contribution in [-0.2, 0) is 11.8 Å². The van der Waals surface area contributed by atoms with Gasteiger partial charge in [-0.1, -0.05) is 52.5 Å². The molecular formula is C26H23BrCl2N6O2. The fraction of sp³-hybridized carbons (Fsp3) is 0.269. The van der Waals surface area contributed by atoms with E-state index in [1.54, 1.807) is 35.3 Å². The first-order valence-corrected chi connectivity index (χ1v) is 13.3. The van der Waals surface area contributed by atoms with Gasteiger partial charge >= 0.3 is 0 Å². The number of anilines is 1. The van der Waals surface area contributed by atoms with Crippen molar-refractivity contribution >= 4 is 50.7 Å². The van der Waals surface area contributed by atoms with Crippen LogP contribution in [0.1, 0.15) is 37.9 Å². The smallest absolute Gasteiger partial charge is 0.273 e. The Morgan fingerprint density at radius 2 is 1.92 bits per heavy atom. The summed E-state index contributed by atoms with van der Waals surface area (Å²) in [4.78, 5) is 35.6. The monoisotopic (exact) mass is 600 g/mol. The molecule has 0 saturated carbocycles. The van der Waals surface area contributed by atoms with Gasteiger partial charge in [-0.25, -0.2) is 4.98 Å². The van der Waals surface area contributed by atoms with Gasteiger partial charge in [-0.05, 0) is 43.2 Å². The van der Waals surface area contributed by atoms with Crippen molar-refractivity contribution in [2.24, 2.45) is 13.0 Å². The van der Waals surface area contributed by atoms with E-state index in [1.165, 1.54) is 10.9 Å². The highest BCUT2D eigenvalue weighted by atomic mass is 79.9. The van der Waals surface area contributed by atoms with Gasteiger partial charge in [-0.15, -0.1) is 0 Å². The molecule has 190 valence electrons. The van der Waals surface area contributed by atoms with E-state index in [1.807, 2.05) is 26.1 Å². The second-order valence-electron chi connectivity index (χ2n) is 9.08. The maximum atomic E-state index is 13.6. The van der Waals surface area contributed by atoms with Crippen molar-refractivity contribution in [1.82, 2.24) is 24.3 Å². The molecule has 1 amide bonds. The molecule has 0 fully saturated rings. The van der Waals surface area contributed by atoms with E-state index in [0.717, 1.165) is 15.7 Å². The Bertz CT molecular complexity index is 1570. The van der Waals surface area contributed by atoms with Crippen molar-refractivity contribution in [3.63, 3.8) is 0 Å². The van der Waals surface area contributed by atoms with Gasteiger partial charge in [0.2, 0.25) is 5.91 Å². The minimum absolute atomic E-state index is 0.00518. The van der Waals surface area contributed by atoms with Crippen molar-refractivity contribution in [2.75, 3.05) is 5.32 Å². The number of amides is 1. The number of fused-ring (bicyclic) bond motifs is 4. The normalized spacial score (nSPS) is 17.9. The Hall–Kier alpha value is -3.01. The van der Waals surface area contributed by atoms with E-state index < -0.39 is 6.04 Å². The summed E-state index contributed by atoms with van der Waals surface area (Å²) < 4.78 is 3.96. The first-order valence-electron chi connectivity index (χ1n) is 11.8. The van der Waals surface area contributed by atoms with Gasteiger partial charge in [0.15, 0.2) is 0 Å². The molecule has 4 aromatic rings. The number of carbonyl (C=O) groups is 1. The molecule has 0 spiro atoms. The van der Waals surface area contributed by atoms with Crippen LogP contribution in [0.5, 0.6) is 0 Å². The van der Waals surface area contributed by atoms with E-state index in [0.29, 0.717) is 46.9 Å². The van der Waals surface area contributed by atoms with E-state index in [2.05, 4.69) is 36.3 Å². The van der Waals surface area contributed by atoms with Crippen LogP contribution < -0.4 is 10.9 Å². The van der Waals surface area contributed by atoms with Crippen molar-refractivity contribution in [2.45, 2.75) is 32.2 Å². The van der Waals surface area contributed by atoms with Gasteiger partial charge in [0.25, 0.3) is 5.56 Å². The predicted molar refractivity (Wildman–Crippen MR) is 148 cm³/mol. The Labute approximate surface area is 231 Å². The van der Waals surface area contributed by atoms with Crippen LogP contribution in [0.2, 0.25) is 10.0 Å². The number of nitrogens with one attached hydrogen (secondary N) is 1. The number of pyridine rings is 1. The Morgan fingerprint density at radius 1 is 1.11 bits per heavy atom. The van der Waals surface area contributed by atoms with E-state index >= 15 is 0 Å². The second kappa shape index (κ2) is 10.4. The lowest BCUT2D eigenvalue weighted by atomic mass is 9.97.